The van der Waals surface area contributed by atoms with E-state index in [2.05, 4.69) is 22.4 Å². The van der Waals surface area contributed by atoms with Gasteiger partial charge in [0.05, 0.1) is 23.7 Å². The number of rotatable bonds is 3. The molecule has 1 amide bonds. The van der Waals surface area contributed by atoms with Crippen molar-refractivity contribution in [3.63, 3.8) is 0 Å². The first kappa shape index (κ1) is 19.0. The van der Waals surface area contributed by atoms with E-state index in [1.807, 2.05) is 17.0 Å². The minimum atomic E-state index is -0.0254. The van der Waals surface area contributed by atoms with Crippen LogP contribution >= 0.6 is 24.0 Å². The van der Waals surface area contributed by atoms with Crippen LogP contribution in [-0.4, -0.2) is 42.5 Å². The quantitative estimate of drug-likeness (QED) is 0.869. The molecule has 1 aromatic heterocycles. The molecule has 1 N–H and O–H groups in total. The third-order valence-electron chi connectivity index (χ3n) is 5.29. The molecule has 2 saturated heterocycles. The summed E-state index contributed by atoms with van der Waals surface area (Å²) in [6.07, 6.45) is 3.13. The number of nitrogens with zero attached hydrogens (tertiary/aromatic N) is 2. The van der Waals surface area contributed by atoms with Crippen LogP contribution in [0, 0.1) is 11.8 Å². The molecule has 5 nitrogen and oxygen atoms in total. The summed E-state index contributed by atoms with van der Waals surface area (Å²) in [7, 11) is 1.66. The van der Waals surface area contributed by atoms with Crippen LogP contribution in [0.15, 0.2) is 42.7 Å². The number of methoxy groups -OCH3 is 1. The van der Waals surface area contributed by atoms with Crippen molar-refractivity contribution in [2.45, 2.75) is 6.04 Å². The minimum Gasteiger partial charge on any atom is -0.497 e. The first-order valence-corrected chi connectivity index (χ1v) is 8.82. The summed E-state index contributed by atoms with van der Waals surface area (Å²) in [6.45, 7) is 2.62. The Kier molecular flexibility index (Phi) is 5.70. The normalized spacial score (nSPS) is 24.1. The zero-order valence-electron chi connectivity index (χ0n) is 14.4. The lowest BCUT2D eigenvalue weighted by molar-refractivity contribution is 0.0714. The van der Waals surface area contributed by atoms with Crippen LogP contribution in [-0.2, 0) is 0 Å². The lowest BCUT2D eigenvalue weighted by Gasteiger charge is -2.29. The second-order valence-corrected chi connectivity index (χ2v) is 7.02. The van der Waals surface area contributed by atoms with Crippen LogP contribution in [0.1, 0.15) is 22.0 Å². The zero-order valence-corrected chi connectivity index (χ0v) is 16.0. The van der Waals surface area contributed by atoms with E-state index in [0.717, 1.165) is 30.9 Å². The predicted molar refractivity (Wildman–Crippen MR) is 103 cm³/mol. The summed E-state index contributed by atoms with van der Waals surface area (Å²) in [4.78, 5) is 19.1. The van der Waals surface area contributed by atoms with Gasteiger partial charge in [-0.1, -0.05) is 23.7 Å². The zero-order chi connectivity index (χ0) is 17.4. The first-order valence-electron chi connectivity index (χ1n) is 8.44. The van der Waals surface area contributed by atoms with Crippen LogP contribution in [0.5, 0.6) is 5.75 Å². The summed E-state index contributed by atoms with van der Waals surface area (Å²) in [6, 6.07) is 9.75. The van der Waals surface area contributed by atoms with Crippen LogP contribution in [0.4, 0.5) is 0 Å². The summed E-state index contributed by atoms with van der Waals surface area (Å²) >= 11 is 6.21. The molecule has 138 valence electrons. The maximum absolute atomic E-state index is 13.2. The number of pyridine rings is 1. The third kappa shape index (κ3) is 3.27. The van der Waals surface area contributed by atoms with Gasteiger partial charge < -0.3 is 15.0 Å². The molecule has 2 aliphatic heterocycles. The molecule has 2 aliphatic rings. The number of hydrogen-bond donors (Lipinski definition) is 1. The number of carbonyl (C=O) groups is 1. The van der Waals surface area contributed by atoms with Gasteiger partial charge in [-0.3, -0.25) is 9.78 Å². The molecule has 0 bridgehead atoms. The molecule has 0 spiro atoms. The smallest absolute Gasteiger partial charge is 0.256 e. The fourth-order valence-electron chi connectivity index (χ4n) is 4.06. The lowest BCUT2D eigenvalue weighted by atomic mass is 9.89. The highest BCUT2D eigenvalue weighted by atomic mass is 35.5. The number of fused-ring (bicyclic) bond motifs is 1. The maximum atomic E-state index is 13.2. The summed E-state index contributed by atoms with van der Waals surface area (Å²) < 4.78 is 5.26. The monoisotopic (exact) mass is 393 g/mol. The third-order valence-corrected chi connectivity index (χ3v) is 5.59. The Hall–Kier alpha value is -1.82. The molecule has 7 heteroatoms. The number of aromatic nitrogens is 1. The summed E-state index contributed by atoms with van der Waals surface area (Å²) in [5, 5.41) is 3.86. The highest BCUT2D eigenvalue weighted by Crippen LogP contribution is 2.43. The Morgan fingerprint density at radius 3 is 2.73 bits per heavy atom. The molecule has 0 saturated carbocycles. The number of ether oxygens (including phenoxy) is 1. The Bertz CT molecular complexity index is 785. The second-order valence-electron chi connectivity index (χ2n) is 6.61. The van der Waals surface area contributed by atoms with Gasteiger partial charge in [-0.25, -0.2) is 0 Å². The fourth-order valence-corrected chi connectivity index (χ4v) is 4.26. The van der Waals surface area contributed by atoms with Crippen molar-refractivity contribution in [3.8, 4) is 5.75 Å². The molecule has 0 unspecified atom stereocenters. The topological polar surface area (TPSA) is 54.5 Å². The molecule has 3 heterocycles. The molecule has 2 fully saturated rings. The van der Waals surface area contributed by atoms with Gasteiger partial charge in [-0.05, 0) is 29.7 Å². The number of amides is 1. The van der Waals surface area contributed by atoms with Gasteiger partial charge in [0.2, 0.25) is 0 Å². The molecular formula is C19H21Cl2N3O2. The lowest BCUT2D eigenvalue weighted by Crippen LogP contribution is -2.34. The van der Waals surface area contributed by atoms with E-state index >= 15 is 0 Å². The van der Waals surface area contributed by atoms with E-state index in [0.29, 0.717) is 22.4 Å². The molecule has 0 aliphatic carbocycles. The van der Waals surface area contributed by atoms with Crippen molar-refractivity contribution in [1.29, 1.82) is 0 Å². The molecule has 2 aromatic rings. The van der Waals surface area contributed by atoms with Crippen molar-refractivity contribution >= 4 is 29.9 Å². The Balaban J connectivity index is 0.00000196. The first-order chi connectivity index (χ1) is 12.2. The minimum absolute atomic E-state index is 0. The highest BCUT2D eigenvalue weighted by molar-refractivity contribution is 6.33. The summed E-state index contributed by atoms with van der Waals surface area (Å²) in [5.41, 5.74) is 1.65. The maximum Gasteiger partial charge on any atom is 0.256 e. The number of likely N-dealkylation sites (tertiary alicyclic amines) is 1. The molecule has 0 radical (unpaired) electrons. The van der Waals surface area contributed by atoms with Crippen molar-refractivity contribution in [1.82, 2.24) is 15.2 Å². The van der Waals surface area contributed by atoms with E-state index in [1.165, 1.54) is 6.20 Å². The van der Waals surface area contributed by atoms with Crippen LogP contribution in [0.25, 0.3) is 0 Å². The van der Waals surface area contributed by atoms with E-state index < -0.39 is 0 Å². The van der Waals surface area contributed by atoms with Crippen LogP contribution < -0.4 is 10.1 Å². The highest BCUT2D eigenvalue weighted by Gasteiger charge is 2.47. The number of benzene rings is 1. The van der Waals surface area contributed by atoms with Crippen molar-refractivity contribution < 1.29 is 9.53 Å². The van der Waals surface area contributed by atoms with E-state index in [4.69, 9.17) is 16.3 Å². The van der Waals surface area contributed by atoms with Gasteiger partial charge in [-0.2, -0.15) is 0 Å². The Labute approximate surface area is 164 Å². The van der Waals surface area contributed by atoms with Gasteiger partial charge >= 0.3 is 0 Å². The van der Waals surface area contributed by atoms with Gasteiger partial charge in [0.15, 0.2) is 0 Å². The molecule has 3 atom stereocenters. The average molecular weight is 394 g/mol. The van der Waals surface area contributed by atoms with Gasteiger partial charge in [0.25, 0.3) is 5.91 Å². The van der Waals surface area contributed by atoms with E-state index in [1.54, 1.807) is 19.4 Å². The van der Waals surface area contributed by atoms with Crippen LogP contribution in [0.2, 0.25) is 5.02 Å². The molecule has 26 heavy (non-hydrogen) atoms. The van der Waals surface area contributed by atoms with Gasteiger partial charge in [-0.15, -0.1) is 12.4 Å². The van der Waals surface area contributed by atoms with Crippen molar-refractivity contribution in [2.75, 3.05) is 26.7 Å². The van der Waals surface area contributed by atoms with E-state index in [-0.39, 0.29) is 24.4 Å². The van der Waals surface area contributed by atoms with Crippen molar-refractivity contribution in [3.05, 3.63) is 58.9 Å². The molecule has 1 aromatic carbocycles. The average Bonchev–Trinajstić information content (AvgIpc) is 3.22. The largest absolute Gasteiger partial charge is 0.497 e. The number of nitrogens with one attached hydrogen (secondary N) is 1. The number of halogens is 2. The van der Waals surface area contributed by atoms with E-state index in [9.17, 15) is 4.79 Å². The second kappa shape index (κ2) is 7.82. The fraction of sp³-hybridized carbons (Fsp3) is 0.368. The van der Waals surface area contributed by atoms with Gasteiger partial charge in [0.1, 0.15) is 5.75 Å². The van der Waals surface area contributed by atoms with Crippen molar-refractivity contribution in [2.24, 2.45) is 11.8 Å². The predicted octanol–water partition coefficient (Wildman–Crippen LogP) is 3.20. The van der Waals surface area contributed by atoms with Crippen LogP contribution in [0.3, 0.4) is 0 Å². The Morgan fingerprint density at radius 2 is 2.04 bits per heavy atom. The Morgan fingerprint density at radius 1 is 1.27 bits per heavy atom. The standard InChI is InChI=1S/C19H20ClN3O2.ClH/c1-25-14-4-2-12(3-5-14)18-16-9-22-8-13(16)11-23(18)19(24)15-6-7-21-10-17(15)20;/h2-7,10,13,16,18,22H,8-9,11H2,1H3;1H/t13-,16-,18-;/m0./s1. The molecular weight excluding hydrogens is 373 g/mol. The van der Waals surface area contributed by atoms with Gasteiger partial charge in [0, 0.05) is 37.9 Å². The SMILES string of the molecule is COc1ccc([C@H]2[C@H]3CNC[C@H]3CN2C(=O)c2ccncc2Cl)cc1.Cl. The summed E-state index contributed by atoms with van der Waals surface area (Å²) in [5.74, 6) is 1.68. The number of hydrogen-bond acceptors (Lipinski definition) is 4. The number of carbonyl (C=O) groups excluding carboxylic acids is 1. The molecule has 4 rings (SSSR count).